The van der Waals surface area contributed by atoms with Crippen molar-refractivity contribution in [1.82, 2.24) is 9.97 Å². The number of amides is 1. The van der Waals surface area contributed by atoms with Crippen molar-refractivity contribution in [2.75, 3.05) is 17.7 Å². The lowest BCUT2D eigenvalue weighted by Gasteiger charge is -2.22. The molecule has 6 N–H and O–H groups in total. The van der Waals surface area contributed by atoms with E-state index in [0.717, 1.165) is 17.0 Å². The first-order chi connectivity index (χ1) is 14.3. The van der Waals surface area contributed by atoms with Gasteiger partial charge in [0.2, 0.25) is 0 Å². The van der Waals surface area contributed by atoms with Crippen LogP contribution in [0.25, 0.3) is 10.9 Å². The number of methoxy groups -OCH3 is 1. The Morgan fingerprint density at radius 1 is 1.27 bits per heavy atom. The van der Waals surface area contributed by atoms with Gasteiger partial charge in [0.15, 0.2) is 11.6 Å². The Morgan fingerprint density at radius 3 is 2.67 bits per heavy atom. The molecule has 2 heterocycles. The van der Waals surface area contributed by atoms with E-state index in [1.807, 2.05) is 38.1 Å². The quantitative estimate of drug-likeness (QED) is 0.447. The van der Waals surface area contributed by atoms with E-state index in [0.29, 0.717) is 17.9 Å². The molecule has 1 amide bonds. The van der Waals surface area contributed by atoms with Crippen LogP contribution in [0.1, 0.15) is 30.6 Å². The second kappa shape index (κ2) is 8.91. The number of halogens is 1. The number of hydrogen-bond acceptors (Lipinski definition) is 7. The van der Waals surface area contributed by atoms with Crippen LogP contribution in [0.15, 0.2) is 36.5 Å². The second-order valence-corrected chi connectivity index (χ2v) is 7.01. The predicted molar refractivity (Wildman–Crippen MR) is 116 cm³/mol. The van der Waals surface area contributed by atoms with Gasteiger partial charge in [0, 0.05) is 17.5 Å². The number of carbonyl (C=O) groups is 1. The first kappa shape index (κ1) is 21.3. The van der Waals surface area contributed by atoms with Crippen LogP contribution in [0.3, 0.4) is 0 Å². The van der Waals surface area contributed by atoms with Gasteiger partial charge < -0.3 is 26.8 Å². The lowest BCUT2D eigenvalue weighted by molar-refractivity contribution is 0.100. The van der Waals surface area contributed by atoms with E-state index >= 15 is 0 Å². The molecule has 0 spiro atoms. The third-order valence-corrected chi connectivity index (χ3v) is 4.79. The largest absolute Gasteiger partial charge is 0.497 e. The average molecular weight is 412 g/mol. The topological polar surface area (TPSA) is 128 Å². The molecular weight excluding hydrogens is 387 g/mol. The number of fused-ring (bicyclic) bond motifs is 1. The van der Waals surface area contributed by atoms with E-state index in [4.69, 9.17) is 16.2 Å². The van der Waals surface area contributed by atoms with Crippen LogP contribution in [0.4, 0.5) is 21.7 Å². The van der Waals surface area contributed by atoms with E-state index in [1.54, 1.807) is 13.3 Å². The standard InChI is InChI=1S/C21H25FN6O2/c1-4-17(11(2)23)27-21-16(22)9-15(19(24)29)20(28-21)26-13-7-12-8-14(30-3)5-6-18(12)25-10-13/h5-11,17H,4,23H2,1-3H3,(H2,24,29)(H2,26,27,28)/t11-,17+/m0/s1. The van der Waals surface area contributed by atoms with Crippen molar-refractivity contribution in [2.45, 2.75) is 32.4 Å². The normalized spacial score (nSPS) is 13.0. The maximum atomic E-state index is 14.6. The monoisotopic (exact) mass is 412 g/mol. The number of hydrogen-bond donors (Lipinski definition) is 4. The molecule has 2 atom stereocenters. The van der Waals surface area contributed by atoms with Crippen LogP contribution in [-0.2, 0) is 0 Å². The molecule has 0 fully saturated rings. The highest BCUT2D eigenvalue weighted by molar-refractivity contribution is 5.99. The summed E-state index contributed by atoms with van der Waals surface area (Å²) in [5, 5.41) is 6.84. The van der Waals surface area contributed by atoms with Crippen LogP contribution < -0.4 is 26.8 Å². The first-order valence-corrected chi connectivity index (χ1v) is 9.55. The summed E-state index contributed by atoms with van der Waals surface area (Å²) in [7, 11) is 1.58. The maximum absolute atomic E-state index is 14.6. The van der Waals surface area contributed by atoms with Gasteiger partial charge in [-0.2, -0.15) is 0 Å². The Bertz CT molecular complexity index is 1070. The van der Waals surface area contributed by atoms with Crippen molar-refractivity contribution < 1.29 is 13.9 Å². The molecule has 0 aliphatic rings. The van der Waals surface area contributed by atoms with E-state index < -0.39 is 11.7 Å². The minimum Gasteiger partial charge on any atom is -0.497 e. The number of rotatable bonds is 8. The number of nitrogens with one attached hydrogen (secondary N) is 2. The molecule has 0 saturated carbocycles. The number of nitrogens with zero attached hydrogens (tertiary/aromatic N) is 2. The Hall–Kier alpha value is -3.46. The van der Waals surface area contributed by atoms with E-state index in [9.17, 15) is 9.18 Å². The molecule has 3 rings (SSSR count). The predicted octanol–water partition coefficient (Wildman–Crippen LogP) is 3.16. The number of carbonyl (C=O) groups excluding carboxylic acids is 1. The van der Waals surface area contributed by atoms with Gasteiger partial charge in [0.25, 0.3) is 5.91 Å². The molecule has 0 bridgehead atoms. The Kier molecular flexibility index (Phi) is 6.31. The van der Waals surface area contributed by atoms with Crippen molar-refractivity contribution in [2.24, 2.45) is 11.5 Å². The number of anilines is 3. The molecular formula is C21H25FN6O2. The summed E-state index contributed by atoms with van der Waals surface area (Å²) >= 11 is 0. The summed E-state index contributed by atoms with van der Waals surface area (Å²) in [5.41, 5.74) is 12.6. The maximum Gasteiger partial charge on any atom is 0.252 e. The van der Waals surface area contributed by atoms with Crippen LogP contribution in [0.5, 0.6) is 5.75 Å². The third kappa shape index (κ3) is 4.57. The first-order valence-electron chi connectivity index (χ1n) is 9.55. The summed E-state index contributed by atoms with van der Waals surface area (Å²) in [6, 6.07) is 7.97. The molecule has 0 aliphatic heterocycles. The van der Waals surface area contributed by atoms with Crippen molar-refractivity contribution in [3.8, 4) is 5.75 Å². The lowest BCUT2D eigenvalue weighted by atomic mass is 10.1. The molecule has 9 heteroatoms. The highest BCUT2D eigenvalue weighted by atomic mass is 19.1. The van der Waals surface area contributed by atoms with Crippen LogP contribution >= 0.6 is 0 Å². The van der Waals surface area contributed by atoms with E-state index in [1.165, 1.54) is 0 Å². The van der Waals surface area contributed by atoms with Crippen molar-refractivity contribution >= 4 is 34.1 Å². The summed E-state index contributed by atoms with van der Waals surface area (Å²) in [6.45, 7) is 3.76. The number of nitrogens with two attached hydrogens (primary N) is 2. The third-order valence-electron chi connectivity index (χ3n) is 4.79. The molecule has 2 aromatic heterocycles. The van der Waals surface area contributed by atoms with Crippen LogP contribution in [-0.4, -0.2) is 35.1 Å². The number of aromatic nitrogens is 2. The smallest absolute Gasteiger partial charge is 0.252 e. The fourth-order valence-electron chi connectivity index (χ4n) is 3.10. The summed E-state index contributed by atoms with van der Waals surface area (Å²) in [4.78, 5) is 20.5. The zero-order valence-electron chi connectivity index (χ0n) is 17.1. The number of pyridine rings is 2. The molecule has 0 aliphatic carbocycles. The zero-order valence-corrected chi connectivity index (χ0v) is 17.1. The van der Waals surface area contributed by atoms with Crippen molar-refractivity contribution in [1.29, 1.82) is 0 Å². The summed E-state index contributed by atoms with van der Waals surface area (Å²) < 4.78 is 19.8. The fraction of sp³-hybridized carbons (Fsp3) is 0.286. The minimum atomic E-state index is -0.801. The molecule has 8 nitrogen and oxygen atoms in total. The Morgan fingerprint density at radius 2 is 2.03 bits per heavy atom. The summed E-state index contributed by atoms with van der Waals surface area (Å²) in [5.74, 6) is -0.691. The van der Waals surface area contributed by atoms with Crippen molar-refractivity contribution in [3.05, 3.63) is 47.9 Å². The molecule has 0 radical (unpaired) electrons. The van der Waals surface area contributed by atoms with Gasteiger partial charge in [-0.1, -0.05) is 6.92 Å². The molecule has 0 saturated heterocycles. The second-order valence-electron chi connectivity index (χ2n) is 7.01. The van der Waals surface area contributed by atoms with Gasteiger partial charge in [0.1, 0.15) is 11.6 Å². The molecule has 1 aromatic carbocycles. The Labute approximate surface area is 173 Å². The SMILES string of the molecule is CC[C@@H](Nc1nc(Nc2cnc3ccc(OC)cc3c2)c(C(N)=O)cc1F)[C@H](C)N. The lowest BCUT2D eigenvalue weighted by Crippen LogP contribution is -2.38. The van der Waals surface area contributed by atoms with Gasteiger partial charge in [-0.15, -0.1) is 0 Å². The van der Waals surface area contributed by atoms with Gasteiger partial charge in [-0.25, -0.2) is 9.37 Å². The number of primary amides is 1. The molecule has 30 heavy (non-hydrogen) atoms. The van der Waals surface area contributed by atoms with E-state index in [-0.39, 0.29) is 29.3 Å². The van der Waals surface area contributed by atoms with Gasteiger partial charge in [-0.05, 0) is 43.7 Å². The van der Waals surface area contributed by atoms with Gasteiger partial charge in [-0.3, -0.25) is 9.78 Å². The summed E-state index contributed by atoms with van der Waals surface area (Å²) in [6.07, 6.45) is 2.27. The number of ether oxygens (including phenoxy) is 1. The minimum absolute atomic E-state index is 0.0120. The number of benzene rings is 1. The van der Waals surface area contributed by atoms with Gasteiger partial charge in [0.05, 0.1) is 30.1 Å². The highest BCUT2D eigenvalue weighted by Crippen LogP contribution is 2.27. The molecule has 3 aromatic rings. The highest BCUT2D eigenvalue weighted by Gasteiger charge is 2.19. The average Bonchev–Trinajstić information content (AvgIpc) is 2.72. The zero-order chi connectivity index (χ0) is 21.8. The van der Waals surface area contributed by atoms with Crippen LogP contribution in [0.2, 0.25) is 0 Å². The van der Waals surface area contributed by atoms with Crippen molar-refractivity contribution in [3.63, 3.8) is 0 Å². The molecule has 0 unspecified atom stereocenters. The van der Waals surface area contributed by atoms with E-state index in [2.05, 4.69) is 20.6 Å². The van der Waals surface area contributed by atoms with Crippen LogP contribution in [0, 0.1) is 5.82 Å². The van der Waals surface area contributed by atoms with Gasteiger partial charge >= 0.3 is 0 Å². The fourth-order valence-corrected chi connectivity index (χ4v) is 3.10. The Balaban J connectivity index is 2.00. The molecule has 158 valence electrons.